The summed E-state index contributed by atoms with van der Waals surface area (Å²) in [6, 6.07) is 7.08. The minimum atomic E-state index is -1.24. The monoisotopic (exact) mass is 418 g/mol. The Morgan fingerprint density at radius 1 is 1.23 bits per heavy atom. The van der Waals surface area contributed by atoms with E-state index in [4.69, 9.17) is 14.2 Å². The highest BCUT2D eigenvalue weighted by atomic mass is 16.5. The predicted octanol–water partition coefficient (Wildman–Crippen LogP) is 1.37. The van der Waals surface area contributed by atoms with Crippen LogP contribution in [0.4, 0.5) is 0 Å². The van der Waals surface area contributed by atoms with E-state index >= 15 is 0 Å². The Bertz CT molecular complexity index is 798. The summed E-state index contributed by atoms with van der Waals surface area (Å²) in [4.78, 5) is 42.5. The summed E-state index contributed by atoms with van der Waals surface area (Å²) in [6.45, 7) is 1.55. The van der Waals surface area contributed by atoms with E-state index in [1.807, 2.05) is 0 Å². The van der Waals surface area contributed by atoms with E-state index < -0.39 is 5.41 Å². The lowest BCUT2D eigenvalue weighted by atomic mass is 9.75. The first-order chi connectivity index (χ1) is 14.4. The Hall–Kier alpha value is -2.45. The highest BCUT2D eigenvalue weighted by molar-refractivity contribution is 6.10. The molecule has 2 atom stereocenters. The third kappa shape index (κ3) is 4.34. The first kappa shape index (κ1) is 22.2. The molecule has 0 spiro atoms. The number of benzene rings is 1. The van der Waals surface area contributed by atoms with Crippen molar-refractivity contribution < 1.29 is 28.6 Å². The molecule has 164 valence electrons. The van der Waals surface area contributed by atoms with Crippen molar-refractivity contribution in [3.8, 4) is 5.75 Å². The van der Waals surface area contributed by atoms with Crippen LogP contribution in [0, 0.1) is 0 Å². The highest BCUT2D eigenvalue weighted by Crippen LogP contribution is 2.41. The number of hydrogen-bond acceptors (Lipinski definition) is 6. The molecular formula is C22H30N2O6. The standard InChI is InChI=1S/C22H30N2O6/c1-28-11-10-24-20(26)14-22(21(24)27,16-6-4-7-17(12-16)29-2)13-19(25)23-9-5-8-18(15-23)30-3/h4,6-7,12,18H,5,8-11,13-15H2,1-3H3/t18-,22+/m1/s1. The zero-order valence-electron chi connectivity index (χ0n) is 17.9. The number of methoxy groups -OCH3 is 3. The number of carbonyl (C=O) groups excluding carboxylic acids is 3. The summed E-state index contributed by atoms with van der Waals surface area (Å²) in [5, 5.41) is 0. The van der Waals surface area contributed by atoms with Crippen molar-refractivity contribution in [1.29, 1.82) is 0 Å². The molecule has 30 heavy (non-hydrogen) atoms. The second-order valence-electron chi connectivity index (χ2n) is 7.85. The fraction of sp³-hybridized carbons (Fsp3) is 0.591. The van der Waals surface area contributed by atoms with Crippen molar-refractivity contribution in [3.63, 3.8) is 0 Å². The van der Waals surface area contributed by atoms with Crippen molar-refractivity contribution in [3.05, 3.63) is 29.8 Å². The van der Waals surface area contributed by atoms with Crippen molar-refractivity contribution in [2.45, 2.75) is 37.2 Å². The molecule has 2 aliphatic heterocycles. The van der Waals surface area contributed by atoms with Gasteiger partial charge >= 0.3 is 0 Å². The molecule has 0 bridgehead atoms. The quantitative estimate of drug-likeness (QED) is 0.593. The van der Waals surface area contributed by atoms with Crippen molar-refractivity contribution in [1.82, 2.24) is 9.80 Å². The van der Waals surface area contributed by atoms with E-state index in [0.717, 1.165) is 12.8 Å². The lowest BCUT2D eigenvalue weighted by Gasteiger charge is -2.35. The summed E-state index contributed by atoms with van der Waals surface area (Å²) < 4.78 is 15.8. The Balaban J connectivity index is 1.93. The van der Waals surface area contributed by atoms with Gasteiger partial charge in [-0.05, 0) is 30.5 Å². The van der Waals surface area contributed by atoms with Crippen molar-refractivity contribution in [2.75, 3.05) is 47.6 Å². The Kier molecular flexibility index (Phi) is 7.10. The van der Waals surface area contributed by atoms with Crippen molar-refractivity contribution >= 4 is 17.7 Å². The van der Waals surface area contributed by atoms with Crippen LogP contribution in [0.25, 0.3) is 0 Å². The first-order valence-corrected chi connectivity index (χ1v) is 10.2. The van der Waals surface area contributed by atoms with Gasteiger partial charge < -0.3 is 19.1 Å². The molecule has 1 aromatic carbocycles. The number of rotatable bonds is 8. The van der Waals surface area contributed by atoms with Crippen LogP contribution in [0.3, 0.4) is 0 Å². The molecule has 8 nitrogen and oxygen atoms in total. The van der Waals surface area contributed by atoms with Crippen LogP contribution >= 0.6 is 0 Å². The lowest BCUT2D eigenvalue weighted by molar-refractivity contribution is -0.144. The van der Waals surface area contributed by atoms with Gasteiger partial charge in [-0.25, -0.2) is 0 Å². The molecule has 3 rings (SSSR count). The smallest absolute Gasteiger partial charge is 0.240 e. The van der Waals surface area contributed by atoms with E-state index in [1.165, 1.54) is 12.0 Å². The first-order valence-electron chi connectivity index (χ1n) is 10.2. The highest BCUT2D eigenvalue weighted by Gasteiger charge is 2.54. The molecule has 0 saturated carbocycles. The third-order valence-corrected chi connectivity index (χ3v) is 6.07. The van der Waals surface area contributed by atoms with Crippen LogP contribution in [0.15, 0.2) is 24.3 Å². The summed E-state index contributed by atoms with van der Waals surface area (Å²) >= 11 is 0. The zero-order valence-corrected chi connectivity index (χ0v) is 17.9. The normalized spacial score (nSPS) is 24.4. The summed E-state index contributed by atoms with van der Waals surface area (Å²) in [5.41, 5.74) is -0.620. The topological polar surface area (TPSA) is 85.4 Å². The predicted molar refractivity (Wildman–Crippen MR) is 109 cm³/mol. The fourth-order valence-electron chi connectivity index (χ4n) is 4.32. The zero-order chi connectivity index (χ0) is 21.7. The molecule has 3 amide bonds. The number of piperidine rings is 1. The Morgan fingerprint density at radius 3 is 2.73 bits per heavy atom. The van der Waals surface area contributed by atoms with Crippen LogP contribution in [0.2, 0.25) is 0 Å². The second kappa shape index (κ2) is 9.57. The SMILES string of the molecule is COCCN1C(=O)C[C@@](CC(=O)N2CCC[C@@H](OC)C2)(c2cccc(OC)c2)C1=O. The van der Waals surface area contributed by atoms with E-state index in [1.54, 1.807) is 43.4 Å². The molecule has 0 unspecified atom stereocenters. The van der Waals surface area contributed by atoms with Crippen LogP contribution in [0.1, 0.15) is 31.2 Å². The molecule has 2 heterocycles. The molecule has 0 aromatic heterocycles. The van der Waals surface area contributed by atoms with Gasteiger partial charge in [-0.2, -0.15) is 0 Å². The maximum Gasteiger partial charge on any atom is 0.240 e. The van der Waals surface area contributed by atoms with Gasteiger partial charge in [0, 0.05) is 40.2 Å². The maximum absolute atomic E-state index is 13.5. The lowest BCUT2D eigenvalue weighted by Crippen LogP contribution is -2.47. The minimum Gasteiger partial charge on any atom is -0.497 e. The number of likely N-dealkylation sites (tertiary alicyclic amines) is 2. The molecule has 0 radical (unpaired) electrons. The average Bonchev–Trinajstić information content (AvgIpc) is 3.02. The Labute approximate surface area is 177 Å². The fourth-order valence-corrected chi connectivity index (χ4v) is 4.32. The average molecular weight is 418 g/mol. The van der Waals surface area contributed by atoms with Gasteiger partial charge in [0.25, 0.3) is 0 Å². The van der Waals surface area contributed by atoms with Gasteiger partial charge in [0.05, 0.1) is 31.8 Å². The molecule has 0 N–H and O–H groups in total. The van der Waals surface area contributed by atoms with Crippen LogP contribution in [0.5, 0.6) is 5.75 Å². The summed E-state index contributed by atoms with van der Waals surface area (Å²) in [7, 11) is 4.71. The molecule has 2 saturated heterocycles. The molecule has 0 aliphatic carbocycles. The van der Waals surface area contributed by atoms with Gasteiger partial charge in [0.1, 0.15) is 5.75 Å². The number of ether oxygens (including phenoxy) is 3. The molecular weight excluding hydrogens is 388 g/mol. The summed E-state index contributed by atoms with van der Waals surface area (Å²) in [6.07, 6.45) is 1.64. The van der Waals surface area contributed by atoms with Gasteiger partial charge in [-0.15, -0.1) is 0 Å². The molecule has 2 fully saturated rings. The molecule has 8 heteroatoms. The largest absolute Gasteiger partial charge is 0.497 e. The van der Waals surface area contributed by atoms with E-state index in [0.29, 0.717) is 24.4 Å². The number of amides is 3. The van der Waals surface area contributed by atoms with Crippen molar-refractivity contribution in [2.24, 2.45) is 0 Å². The van der Waals surface area contributed by atoms with E-state index in [9.17, 15) is 14.4 Å². The Morgan fingerprint density at radius 2 is 2.03 bits per heavy atom. The molecule has 2 aliphatic rings. The van der Waals surface area contributed by atoms with Crippen LogP contribution in [-0.2, 0) is 29.3 Å². The third-order valence-electron chi connectivity index (χ3n) is 6.07. The van der Waals surface area contributed by atoms with Gasteiger partial charge in [-0.1, -0.05) is 12.1 Å². The molecule has 1 aromatic rings. The summed E-state index contributed by atoms with van der Waals surface area (Å²) in [5.74, 6) is -0.214. The number of nitrogens with zero attached hydrogens (tertiary/aromatic N) is 2. The van der Waals surface area contributed by atoms with Crippen LogP contribution in [-0.4, -0.2) is 81.2 Å². The number of hydrogen-bond donors (Lipinski definition) is 0. The van der Waals surface area contributed by atoms with Crippen LogP contribution < -0.4 is 4.74 Å². The second-order valence-corrected chi connectivity index (χ2v) is 7.85. The number of carbonyl (C=O) groups is 3. The minimum absolute atomic E-state index is 0.00502. The maximum atomic E-state index is 13.5. The van der Waals surface area contributed by atoms with Gasteiger partial charge in [0.2, 0.25) is 17.7 Å². The van der Waals surface area contributed by atoms with Gasteiger partial charge in [-0.3, -0.25) is 19.3 Å². The van der Waals surface area contributed by atoms with E-state index in [-0.39, 0.29) is 49.8 Å². The van der Waals surface area contributed by atoms with E-state index in [2.05, 4.69) is 0 Å². The number of imide groups is 1. The van der Waals surface area contributed by atoms with Gasteiger partial charge in [0.15, 0.2) is 0 Å².